The Hall–Kier alpha value is -1.77. The van der Waals surface area contributed by atoms with Crippen LogP contribution in [0.1, 0.15) is 44.9 Å². The molecule has 0 spiro atoms. The van der Waals surface area contributed by atoms with Gasteiger partial charge >= 0.3 is 5.97 Å². The molecule has 20 heavy (non-hydrogen) atoms. The van der Waals surface area contributed by atoms with Crippen molar-refractivity contribution < 1.29 is 9.90 Å². The van der Waals surface area contributed by atoms with Crippen LogP contribution in [0.3, 0.4) is 0 Å². The van der Waals surface area contributed by atoms with E-state index in [4.69, 9.17) is 0 Å². The van der Waals surface area contributed by atoms with E-state index in [1.54, 1.807) is 13.8 Å². The van der Waals surface area contributed by atoms with Gasteiger partial charge in [0.05, 0.1) is 5.41 Å². The van der Waals surface area contributed by atoms with Crippen molar-refractivity contribution in [3.63, 3.8) is 0 Å². The lowest BCUT2D eigenvalue weighted by Gasteiger charge is -2.19. The molecule has 1 aromatic heterocycles. The maximum atomic E-state index is 11.3. The Kier molecular flexibility index (Phi) is 3.63. The molecule has 3 nitrogen and oxygen atoms in total. The molecule has 0 amide bonds. The highest BCUT2D eigenvalue weighted by molar-refractivity contribution is 5.85. The first-order valence-corrected chi connectivity index (χ1v) is 7.06. The van der Waals surface area contributed by atoms with Crippen LogP contribution in [-0.2, 0) is 11.2 Å². The monoisotopic (exact) mass is 273 g/mol. The lowest BCUT2D eigenvalue weighted by molar-refractivity contribution is -0.146. The Balaban J connectivity index is 2.48. The van der Waals surface area contributed by atoms with E-state index in [1.165, 1.54) is 16.5 Å². The molecule has 0 bridgehead atoms. The number of aromatic nitrogens is 1. The quantitative estimate of drug-likeness (QED) is 0.907. The summed E-state index contributed by atoms with van der Waals surface area (Å²) in [5.74, 6) is -0.756. The van der Waals surface area contributed by atoms with Gasteiger partial charge < -0.3 is 9.67 Å². The molecule has 1 N–H and O–H groups in total. The molecule has 0 aliphatic heterocycles. The highest BCUT2D eigenvalue weighted by Crippen LogP contribution is 2.28. The summed E-state index contributed by atoms with van der Waals surface area (Å²) in [6.07, 6.45) is 2.71. The van der Waals surface area contributed by atoms with Gasteiger partial charge in [-0.15, -0.1) is 0 Å². The van der Waals surface area contributed by atoms with Crippen LogP contribution in [0.4, 0.5) is 0 Å². The van der Waals surface area contributed by atoms with Crippen molar-refractivity contribution in [1.29, 1.82) is 0 Å². The molecule has 3 heteroatoms. The Morgan fingerprint density at radius 3 is 2.55 bits per heavy atom. The van der Waals surface area contributed by atoms with E-state index in [9.17, 15) is 9.90 Å². The van der Waals surface area contributed by atoms with Crippen LogP contribution in [-0.4, -0.2) is 15.6 Å². The molecule has 0 atom stereocenters. The first kappa shape index (κ1) is 14.6. The second-order valence-electron chi connectivity index (χ2n) is 6.53. The van der Waals surface area contributed by atoms with Crippen molar-refractivity contribution in [2.24, 2.45) is 5.41 Å². The zero-order valence-corrected chi connectivity index (χ0v) is 12.9. The number of nitrogens with zero attached hydrogens (tertiary/aromatic N) is 1. The number of aliphatic carboxylic acids is 1. The summed E-state index contributed by atoms with van der Waals surface area (Å²) >= 11 is 0. The first-order valence-electron chi connectivity index (χ1n) is 7.06. The van der Waals surface area contributed by atoms with Crippen molar-refractivity contribution in [2.75, 3.05) is 0 Å². The standard InChI is InChI=1S/C17H23NO2/c1-11(2)18-10-12(3)14-7-6-13(8-15(14)18)9-17(4,5)16(19)20/h6-8,10-11H,9H2,1-5H3,(H,19,20). The van der Waals surface area contributed by atoms with Gasteiger partial charge in [-0.1, -0.05) is 12.1 Å². The molecule has 2 aromatic rings. The summed E-state index contributed by atoms with van der Waals surface area (Å²) in [5, 5.41) is 10.5. The van der Waals surface area contributed by atoms with Crippen LogP contribution < -0.4 is 0 Å². The maximum Gasteiger partial charge on any atom is 0.309 e. The van der Waals surface area contributed by atoms with Gasteiger partial charge in [-0.2, -0.15) is 0 Å². The van der Waals surface area contributed by atoms with Crippen LogP contribution in [0.5, 0.6) is 0 Å². The predicted octanol–water partition coefficient (Wildman–Crippen LogP) is 4.18. The summed E-state index contributed by atoms with van der Waals surface area (Å²) in [4.78, 5) is 11.3. The number of benzene rings is 1. The Bertz CT molecular complexity index is 650. The molecule has 0 aliphatic carbocycles. The number of hydrogen-bond donors (Lipinski definition) is 1. The molecule has 1 aromatic carbocycles. The zero-order chi connectivity index (χ0) is 15.1. The topological polar surface area (TPSA) is 42.2 Å². The molecule has 0 radical (unpaired) electrons. The van der Waals surface area contributed by atoms with Gasteiger partial charge in [-0.3, -0.25) is 4.79 Å². The fourth-order valence-electron chi connectivity index (χ4n) is 2.60. The van der Waals surface area contributed by atoms with Crippen LogP contribution in [0.25, 0.3) is 10.9 Å². The van der Waals surface area contributed by atoms with E-state index in [2.05, 4.69) is 43.7 Å². The number of carbonyl (C=O) groups is 1. The minimum absolute atomic E-state index is 0.397. The summed E-state index contributed by atoms with van der Waals surface area (Å²) in [6.45, 7) is 9.97. The lowest BCUT2D eigenvalue weighted by Crippen LogP contribution is -2.26. The molecule has 0 fully saturated rings. The summed E-state index contributed by atoms with van der Waals surface area (Å²) in [5.41, 5.74) is 2.79. The third-order valence-electron chi connectivity index (χ3n) is 3.88. The van der Waals surface area contributed by atoms with E-state index in [0.29, 0.717) is 12.5 Å². The van der Waals surface area contributed by atoms with E-state index < -0.39 is 11.4 Å². The lowest BCUT2D eigenvalue weighted by atomic mass is 9.86. The van der Waals surface area contributed by atoms with E-state index >= 15 is 0 Å². The number of aryl methyl sites for hydroxylation is 1. The van der Waals surface area contributed by atoms with Gasteiger partial charge in [0.25, 0.3) is 0 Å². The Labute approximate surface area is 120 Å². The largest absolute Gasteiger partial charge is 0.481 e. The average Bonchev–Trinajstić information content (AvgIpc) is 2.66. The second-order valence-corrected chi connectivity index (χ2v) is 6.53. The van der Waals surface area contributed by atoms with Gasteiger partial charge in [0.1, 0.15) is 0 Å². The van der Waals surface area contributed by atoms with Gasteiger partial charge in [0, 0.05) is 23.1 Å². The molecule has 0 aliphatic rings. The van der Waals surface area contributed by atoms with E-state index in [0.717, 1.165) is 5.56 Å². The predicted molar refractivity (Wildman–Crippen MR) is 82.2 cm³/mol. The SMILES string of the molecule is Cc1cn(C(C)C)c2cc(CC(C)(C)C(=O)O)ccc12. The third kappa shape index (κ3) is 2.58. The number of rotatable bonds is 4. The van der Waals surface area contributed by atoms with Gasteiger partial charge in [0.2, 0.25) is 0 Å². The summed E-state index contributed by atoms with van der Waals surface area (Å²) < 4.78 is 2.25. The Morgan fingerprint density at radius 2 is 2.00 bits per heavy atom. The molecule has 0 unspecified atom stereocenters. The average molecular weight is 273 g/mol. The Morgan fingerprint density at radius 1 is 1.35 bits per heavy atom. The molecular weight excluding hydrogens is 250 g/mol. The van der Waals surface area contributed by atoms with Crippen LogP contribution in [0.2, 0.25) is 0 Å². The van der Waals surface area contributed by atoms with Crippen LogP contribution in [0, 0.1) is 12.3 Å². The van der Waals surface area contributed by atoms with Crippen molar-refractivity contribution in [3.8, 4) is 0 Å². The first-order chi connectivity index (χ1) is 9.22. The molecule has 1 heterocycles. The summed E-state index contributed by atoms with van der Waals surface area (Å²) in [7, 11) is 0. The fraction of sp³-hybridized carbons (Fsp3) is 0.471. The maximum absolute atomic E-state index is 11.3. The van der Waals surface area contributed by atoms with Crippen molar-refractivity contribution in [2.45, 2.75) is 47.1 Å². The zero-order valence-electron chi connectivity index (χ0n) is 12.9. The minimum atomic E-state index is -0.756. The van der Waals surface area contributed by atoms with Crippen molar-refractivity contribution in [3.05, 3.63) is 35.5 Å². The number of hydrogen-bond acceptors (Lipinski definition) is 1. The van der Waals surface area contributed by atoms with E-state index in [-0.39, 0.29) is 0 Å². The van der Waals surface area contributed by atoms with Gasteiger partial charge in [-0.05, 0) is 58.2 Å². The normalized spacial score (nSPS) is 12.3. The smallest absolute Gasteiger partial charge is 0.309 e. The van der Waals surface area contributed by atoms with Crippen molar-refractivity contribution >= 4 is 16.9 Å². The molecule has 108 valence electrons. The molecule has 2 rings (SSSR count). The minimum Gasteiger partial charge on any atom is -0.481 e. The van der Waals surface area contributed by atoms with Gasteiger partial charge in [-0.25, -0.2) is 0 Å². The number of fused-ring (bicyclic) bond motifs is 1. The highest BCUT2D eigenvalue weighted by atomic mass is 16.4. The van der Waals surface area contributed by atoms with Crippen molar-refractivity contribution in [1.82, 2.24) is 4.57 Å². The van der Waals surface area contributed by atoms with Crippen LogP contribution in [0.15, 0.2) is 24.4 Å². The van der Waals surface area contributed by atoms with E-state index in [1.807, 2.05) is 6.07 Å². The number of carboxylic acid groups (broad SMARTS) is 1. The summed E-state index contributed by atoms with van der Waals surface area (Å²) in [6, 6.07) is 6.68. The molecule has 0 saturated carbocycles. The number of carboxylic acids is 1. The second kappa shape index (κ2) is 4.97. The fourth-order valence-corrected chi connectivity index (χ4v) is 2.60. The van der Waals surface area contributed by atoms with Crippen LogP contribution >= 0.6 is 0 Å². The van der Waals surface area contributed by atoms with Gasteiger partial charge in [0.15, 0.2) is 0 Å². The highest BCUT2D eigenvalue weighted by Gasteiger charge is 2.27. The molecule has 0 saturated heterocycles. The third-order valence-corrected chi connectivity index (χ3v) is 3.88. The molecular formula is C17H23NO2.